The molecule has 1 fully saturated rings. The topological polar surface area (TPSA) is 86.7 Å². The van der Waals surface area contributed by atoms with Gasteiger partial charge in [0.05, 0.1) is 17.5 Å². The van der Waals surface area contributed by atoms with Gasteiger partial charge in [0.25, 0.3) is 0 Å². The van der Waals surface area contributed by atoms with Gasteiger partial charge in [0, 0.05) is 5.69 Å². The minimum absolute atomic E-state index is 0.0156. The summed E-state index contributed by atoms with van der Waals surface area (Å²) in [6.45, 7) is 1.72. The first-order valence-electron chi connectivity index (χ1n) is 6.93. The standard InChI is InChI=1S/C15H18N2O4S/c1-10(15(20)21)6-11-2-4-12(5-3-11)16-13(18)7-17-9-22-8-14(17)19/h2-5,10H,6-9H2,1H3,(H,16,18)(H,20,21). The number of thioether (sulfide) groups is 1. The lowest BCUT2D eigenvalue weighted by atomic mass is 10.0. The Balaban J connectivity index is 1.86. The van der Waals surface area contributed by atoms with Crippen molar-refractivity contribution in [3.8, 4) is 0 Å². The fourth-order valence-electron chi connectivity index (χ4n) is 2.08. The predicted molar refractivity (Wildman–Crippen MR) is 84.6 cm³/mol. The Labute approximate surface area is 132 Å². The summed E-state index contributed by atoms with van der Waals surface area (Å²) in [5.41, 5.74) is 1.54. The van der Waals surface area contributed by atoms with E-state index in [1.807, 2.05) is 0 Å². The van der Waals surface area contributed by atoms with Gasteiger partial charge >= 0.3 is 5.97 Å². The first-order chi connectivity index (χ1) is 10.5. The van der Waals surface area contributed by atoms with Crippen molar-refractivity contribution >= 4 is 35.2 Å². The molecule has 0 aromatic heterocycles. The summed E-state index contributed by atoms with van der Waals surface area (Å²) in [6, 6.07) is 7.07. The maximum atomic E-state index is 11.9. The number of carbonyl (C=O) groups is 3. The molecule has 2 rings (SSSR count). The second-order valence-electron chi connectivity index (χ2n) is 5.26. The largest absolute Gasteiger partial charge is 0.481 e. The second-order valence-corrected chi connectivity index (χ2v) is 6.21. The van der Waals surface area contributed by atoms with Crippen molar-refractivity contribution < 1.29 is 19.5 Å². The normalized spacial score (nSPS) is 15.7. The van der Waals surface area contributed by atoms with Gasteiger partial charge in [0.2, 0.25) is 11.8 Å². The second kappa shape index (κ2) is 7.31. The molecule has 1 unspecified atom stereocenters. The van der Waals surface area contributed by atoms with Crippen molar-refractivity contribution in [3.63, 3.8) is 0 Å². The number of nitrogens with zero attached hydrogens (tertiary/aromatic N) is 1. The molecular weight excluding hydrogens is 304 g/mol. The molecule has 1 aliphatic heterocycles. The van der Waals surface area contributed by atoms with Crippen LogP contribution < -0.4 is 5.32 Å². The molecule has 1 aromatic carbocycles. The van der Waals surface area contributed by atoms with Gasteiger partial charge in [-0.2, -0.15) is 0 Å². The fraction of sp³-hybridized carbons (Fsp3) is 0.400. The highest BCUT2D eigenvalue weighted by Crippen LogP contribution is 2.16. The third-order valence-electron chi connectivity index (χ3n) is 3.36. The van der Waals surface area contributed by atoms with Gasteiger partial charge in [-0.25, -0.2) is 0 Å². The van der Waals surface area contributed by atoms with Crippen molar-refractivity contribution in [1.29, 1.82) is 0 Å². The van der Waals surface area contributed by atoms with E-state index in [4.69, 9.17) is 5.11 Å². The number of amides is 2. The zero-order valence-corrected chi connectivity index (χ0v) is 13.1. The first kappa shape index (κ1) is 16.4. The van der Waals surface area contributed by atoms with Crippen LogP contribution in [0.3, 0.4) is 0 Å². The van der Waals surface area contributed by atoms with E-state index in [1.165, 1.54) is 16.7 Å². The summed E-state index contributed by atoms with van der Waals surface area (Å²) in [6.07, 6.45) is 0.447. The molecule has 2 N–H and O–H groups in total. The zero-order valence-electron chi connectivity index (χ0n) is 12.2. The lowest BCUT2D eigenvalue weighted by Crippen LogP contribution is -2.34. The number of benzene rings is 1. The Kier molecular flexibility index (Phi) is 5.43. The van der Waals surface area contributed by atoms with E-state index < -0.39 is 11.9 Å². The Hall–Kier alpha value is -2.02. The Morgan fingerprint density at radius 1 is 1.36 bits per heavy atom. The first-order valence-corrected chi connectivity index (χ1v) is 8.08. The zero-order chi connectivity index (χ0) is 16.1. The molecule has 1 aliphatic rings. The molecule has 1 saturated heterocycles. The number of aliphatic carboxylic acids is 1. The molecule has 0 saturated carbocycles. The summed E-state index contributed by atoms with van der Waals surface area (Å²) < 4.78 is 0. The van der Waals surface area contributed by atoms with Crippen LogP contribution in [0.15, 0.2) is 24.3 Å². The smallest absolute Gasteiger partial charge is 0.306 e. The summed E-state index contributed by atoms with van der Waals surface area (Å²) >= 11 is 1.50. The van der Waals surface area contributed by atoms with E-state index in [-0.39, 0.29) is 18.4 Å². The highest BCUT2D eigenvalue weighted by Gasteiger charge is 2.22. The van der Waals surface area contributed by atoms with Crippen LogP contribution in [0.1, 0.15) is 12.5 Å². The van der Waals surface area contributed by atoms with Crippen LogP contribution in [0, 0.1) is 5.92 Å². The van der Waals surface area contributed by atoms with Crippen LogP contribution in [-0.2, 0) is 20.8 Å². The predicted octanol–water partition coefficient (Wildman–Crippen LogP) is 1.42. The van der Waals surface area contributed by atoms with Crippen LogP contribution in [0.5, 0.6) is 0 Å². The molecule has 1 atom stereocenters. The van der Waals surface area contributed by atoms with E-state index in [1.54, 1.807) is 31.2 Å². The lowest BCUT2D eigenvalue weighted by Gasteiger charge is -2.14. The molecule has 2 amide bonds. The van der Waals surface area contributed by atoms with E-state index in [0.717, 1.165) is 5.56 Å². The van der Waals surface area contributed by atoms with E-state index in [0.29, 0.717) is 23.7 Å². The molecular formula is C15H18N2O4S. The summed E-state index contributed by atoms with van der Waals surface area (Å²) in [7, 11) is 0. The van der Waals surface area contributed by atoms with E-state index in [2.05, 4.69) is 5.32 Å². The summed E-state index contributed by atoms with van der Waals surface area (Å²) in [5.74, 6) is -0.535. The van der Waals surface area contributed by atoms with Crippen LogP contribution >= 0.6 is 11.8 Å². The highest BCUT2D eigenvalue weighted by molar-refractivity contribution is 8.00. The molecule has 22 heavy (non-hydrogen) atoms. The molecule has 6 nitrogen and oxygen atoms in total. The number of carboxylic acids is 1. The van der Waals surface area contributed by atoms with Gasteiger partial charge in [-0.05, 0) is 24.1 Å². The fourth-order valence-corrected chi connectivity index (χ4v) is 2.98. The molecule has 7 heteroatoms. The van der Waals surface area contributed by atoms with Gasteiger partial charge in [0.1, 0.15) is 6.54 Å². The van der Waals surface area contributed by atoms with Gasteiger partial charge < -0.3 is 15.3 Å². The van der Waals surface area contributed by atoms with E-state index >= 15 is 0 Å². The Morgan fingerprint density at radius 2 is 2.05 bits per heavy atom. The summed E-state index contributed by atoms with van der Waals surface area (Å²) in [4.78, 5) is 35.6. The third kappa shape index (κ3) is 4.49. The minimum Gasteiger partial charge on any atom is -0.481 e. The van der Waals surface area contributed by atoms with Crippen LogP contribution in [0.4, 0.5) is 5.69 Å². The average molecular weight is 322 g/mol. The Bertz CT molecular complexity index is 573. The van der Waals surface area contributed by atoms with Crippen molar-refractivity contribution in [1.82, 2.24) is 4.90 Å². The summed E-state index contributed by atoms with van der Waals surface area (Å²) in [5, 5.41) is 11.6. The minimum atomic E-state index is -0.828. The number of carbonyl (C=O) groups excluding carboxylic acids is 2. The van der Waals surface area contributed by atoms with Crippen molar-refractivity contribution in [2.24, 2.45) is 5.92 Å². The highest BCUT2D eigenvalue weighted by atomic mass is 32.2. The third-order valence-corrected chi connectivity index (χ3v) is 4.31. The van der Waals surface area contributed by atoms with Crippen molar-refractivity contribution in [3.05, 3.63) is 29.8 Å². The molecule has 0 radical (unpaired) electrons. The molecule has 118 valence electrons. The Morgan fingerprint density at radius 3 is 2.59 bits per heavy atom. The number of nitrogens with one attached hydrogen (secondary N) is 1. The van der Waals surface area contributed by atoms with E-state index in [9.17, 15) is 14.4 Å². The lowest BCUT2D eigenvalue weighted by molar-refractivity contribution is -0.141. The van der Waals surface area contributed by atoms with Crippen LogP contribution in [-0.4, -0.2) is 46.0 Å². The van der Waals surface area contributed by atoms with Crippen LogP contribution in [0.25, 0.3) is 0 Å². The van der Waals surface area contributed by atoms with Gasteiger partial charge in [-0.15, -0.1) is 11.8 Å². The number of rotatable bonds is 6. The molecule has 0 bridgehead atoms. The number of carboxylic acid groups (broad SMARTS) is 1. The molecule has 1 aromatic rings. The van der Waals surface area contributed by atoms with Gasteiger partial charge in [-0.3, -0.25) is 14.4 Å². The molecule has 1 heterocycles. The molecule has 0 aliphatic carbocycles. The SMILES string of the molecule is CC(Cc1ccc(NC(=O)CN2CSCC2=O)cc1)C(=O)O. The maximum absolute atomic E-state index is 11.9. The van der Waals surface area contributed by atoms with Crippen molar-refractivity contribution in [2.45, 2.75) is 13.3 Å². The van der Waals surface area contributed by atoms with Gasteiger partial charge in [-0.1, -0.05) is 19.1 Å². The van der Waals surface area contributed by atoms with Crippen molar-refractivity contribution in [2.75, 3.05) is 23.5 Å². The number of hydrogen-bond acceptors (Lipinski definition) is 4. The molecule has 0 spiro atoms. The number of hydrogen-bond donors (Lipinski definition) is 2. The average Bonchev–Trinajstić information content (AvgIpc) is 2.86. The number of anilines is 1. The van der Waals surface area contributed by atoms with Gasteiger partial charge in [0.15, 0.2) is 0 Å². The quantitative estimate of drug-likeness (QED) is 0.827. The monoisotopic (exact) mass is 322 g/mol. The van der Waals surface area contributed by atoms with Crippen LogP contribution in [0.2, 0.25) is 0 Å². The maximum Gasteiger partial charge on any atom is 0.306 e.